The normalized spacial score (nSPS) is 15.7. The van der Waals surface area contributed by atoms with Gasteiger partial charge in [0.15, 0.2) is 18.3 Å². The molecule has 0 amide bonds. The first kappa shape index (κ1) is 21.8. The lowest BCUT2D eigenvalue weighted by Gasteiger charge is -2.19. The Kier molecular flexibility index (Phi) is 8.97. The molecule has 0 fully saturated rings. The van der Waals surface area contributed by atoms with Crippen LogP contribution in [0.1, 0.15) is 41.5 Å². The molecule has 0 saturated heterocycles. The second-order valence-electron chi connectivity index (χ2n) is 5.40. The first-order valence-electron chi connectivity index (χ1n) is 7.45. The summed E-state index contributed by atoms with van der Waals surface area (Å²) >= 11 is 0. The lowest BCUT2D eigenvalue weighted by atomic mass is 10.3. The van der Waals surface area contributed by atoms with E-state index in [9.17, 15) is 19.2 Å². The van der Waals surface area contributed by atoms with Crippen LogP contribution in [0.25, 0.3) is 0 Å². The Morgan fingerprint density at radius 1 is 0.583 bits per heavy atom. The first-order valence-corrected chi connectivity index (χ1v) is 7.45. The van der Waals surface area contributed by atoms with Crippen molar-refractivity contribution in [1.82, 2.24) is 0 Å². The van der Waals surface area contributed by atoms with Crippen molar-refractivity contribution in [2.45, 2.75) is 72.1 Å². The van der Waals surface area contributed by atoms with E-state index < -0.39 is 48.3 Å². The number of aliphatic hydroxyl groups excluding tert-OH is 1. The quantitative estimate of drug-likeness (QED) is 0.480. The first-order chi connectivity index (χ1) is 11.0. The molecule has 0 aromatic carbocycles. The number of esters is 4. The van der Waals surface area contributed by atoms with Crippen molar-refractivity contribution in [2.75, 3.05) is 0 Å². The third-order valence-electron chi connectivity index (χ3n) is 2.57. The Balaban J connectivity index is 4.46. The number of carbonyl (C=O) groups excluding carboxylic acids is 4. The number of carbonyl (C=O) groups is 4. The number of ether oxygens (including phenoxy) is 4. The minimum Gasteiger partial charge on any atom is -0.460 e. The van der Waals surface area contributed by atoms with E-state index in [-0.39, 0.29) is 6.10 Å². The van der Waals surface area contributed by atoms with Crippen LogP contribution in [0.2, 0.25) is 0 Å². The van der Waals surface area contributed by atoms with Crippen LogP contribution in [-0.2, 0) is 38.1 Å². The highest BCUT2D eigenvalue weighted by molar-refractivity contribution is 5.85. The third-order valence-corrected chi connectivity index (χ3v) is 2.57. The molecule has 0 aliphatic carbocycles. The molecule has 0 radical (unpaired) electrons. The van der Waals surface area contributed by atoms with Gasteiger partial charge in [-0.15, -0.1) is 0 Å². The van der Waals surface area contributed by atoms with Gasteiger partial charge in [0, 0.05) is 0 Å². The van der Waals surface area contributed by atoms with E-state index in [4.69, 9.17) is 19.3 Å². The van der Waals surface area contributed by atoms with Crippen LogP contribution in [0.5, 0.6) is 0 Å². The van der Waals surface area contributed by atoms with Crippen LogP contribution in [0.4, 0.5) is 0 Å². The predicted octanol–water partition coefficient (Wildman–Crippen LogP) is 0.114. The van der Waals surface area contributed by atoms with Crippen molar-refractivity contribution in [2.24, 2.45) is 0 Å². The zero-order valence-corrected chi connectivity index (χ0v) is 14.6. The van der Waals surface area contributed by atoms with Gasteiger partial charge >= 0.3 is 23.9 Å². The van der Waals surface area contributed by atoms with Crippen LogP contribution in [-0.4, -0.2) is 59.5 Å². The molecule has 0 aliphatic heterocycles. The SMILES string of the molecule is CC(C)OC(=O)[C@H](C)OC(=O)[C@H](C)OC(=O)[C@H](C)OC(=O)[C@H](C)O. The predicted molar refractivity (Wildman–Crippen MR) is 79.6 cm³/mol. The third kappa shape index (κ3) is 7.91. The van der Waals surface area contributed by atoms with Crippen molar-refractivity contribution in [3.63, 3.8) is 0 Å². The zero-order valence-electron chi connectivity index (χ0n) is 14.6. The smallest absolute Gasteiger partial charge is 0.347 e. The average Bonchev–Trinajstić information content (AvgIpc) is 2.45. The molecule has 0 bridgehead atoms. The summed E-state index contributed by atoms with van der Waals surface area (Å²) in [4.78, 5) is 46.2. The molecule has 24 heavy (non-hydrogen) atoms. The summed E-state index contributed by atoms with van der Waals surface area (Å²) in [5.41, 5.74) is 0. The molecule has 4 atom stereocenters. The second kappa shape index (κ2) is 9.86. The molecule has 9 nitrogen and oxygen atoms in total. The maximum Gasteiger partial charge on any atom is 0.347 e. The fourth-order valence-corrected chi connectivity index (χ4v) is 1.29. The summed E-state index contributed by atoms with van der Waals surface area (Å²) < 4.78 is 19.1. The van der Waals surface area contributed by atoms with E-state index in [0.717, 1.165) is 0 Å². The Labute approximate surface area is 140 Å². The molecule has 0 heterocycles. The highest BCUT2D eigenvalue weighted by Crippen LogP contribution is 2.06. The molecular weight excluding hydrogens is 324 g/mol. The summed E-state index contributed by atoms with van der Waals surface area (Å²) in [6.07, 6.45) is -5.55. The Morgan fingerprint density at radius 3 is 1.17 bits per heavy atom. The van der Waals surface area contributed by atoms with Gasteiger partial charge in [0.25, 0.3) is 0 Å². The molecule has 0 aromatic rings. The number of rotatable bonds is 8. The van der Waals surface area contributed by atoms with Crippen LogP contribution < -0.4 is 0 Å². The van der Waals surface area contributed by atoms with Gasteiger partial charge in [0.1, 0.15) is 6.10 Å². The molecule has 0 aliphatic rings. The minimum atomic E-state index is -1.39. The largest absolute Gasteiger partial charge is 0.460 e. The van der Waals surface area contributed by atoms with Gasteiger partial charge in [-0.3, -0.25) is 0 Å². The molecule has 0 aromatic heterocycles. The van der Waals surface area contributed by atoms with E-state index in [1.54, 1.807) is 13.8 Å². The fraction of sp³-hybridized carbons (Fsp3) is 0.733. The standard InChI is InChI=1S/C15H24O9/c1-7(2)21-13(18)9(4)23-15(20)11(6)24-14(19)10(5)22-12(17)8(3)16/h7-11,16H,1-6H3/t8-,9-,10-,11-/m0/s1. The van der Waals surface area contributed by atoms with Gasteiger partial charge in [-0.2, -0.15) is 0 Å². The lowest BCUT2D eigenvalue weighted by Crippen LogP contribution is -2.37. The van der Waals surface area contributed by atoms with Crippen LogP contribution in [0.3, 0.4) is 0 Å². The van der Waals surface area contributed by atoms with Crippen LogP contribution >= 0.6 is 0 Å². The van der Waals surface area contributed by atoms with Crippen molar-refractivity contribution < 1.29 is 43.2 Å². The Hall–Kier alpha value is -2.16. The van der Waals surface area contributed by atoms with Gasteiger partial charge in [-0.1, -0.05) is 0 Å². The molecular formula is C15H24O9. The average molecular weight is 348 g/mol. The summed E-state index contributed by atoms with van der Waals surface area (Å²) in [5, 5.41) is 8.99. The van der Waals surface area contributed by atoms with Crippen molar-refractivity contribution in [3.8, 4) is 0 Å². The molecule has 0 spiro atoms. The minimum absolute atomic E-state index is 0.363. The van der Waals surface area contributed by atoms with E-state index in [2.05, 4.69) is 4.74 Å². The van der Waals surface area contributed by atoms with E-state index in [1.807, 2.05) is 0 Å². The Morgan fingerprint density at radius 2 is 0.875 bits per heavy atom. The van der Waals surface area contributed by atoms with Crippen molar-refractivity contribution in [3.05, 3.63) is 0 Å². The Bertz CT molecular complexity index is 470. The van der Waals surface area contributed by atoms with Gasteiger partial charge in [-0.05, 0) is 41.5 Å². The number of hydrogen-bond donors (Lipinski definition) is 1. The van der Waals surface area contributed by atoms with Gasteiger partial charge in [-0.25, -0.2) is 19.2 Å². The van der Waals surface area contributed by atoms with Gasteiger partial charge < -0.3 is 24.1 Å². The molecule has 1 N–H and O–H groups in total. The number of hydrogen-bond acceptors (Lipinski definition) is 9. The summed E-state index contributed by atoms with van der Waals surface area (Å²) in [7, 11) is 0. The van der Waals surface area contributed by atoms with E-state index in [0.29, 0.717) is 0 Å². The molecule has 9 heteroatoms. The monoisotopic (exact) mass is 348 g/mol. The topological polar surface area (TPSA) is 125 Å². The zero-order chi connectivity index (χ0) is 19.0. The second-order valence-corrected chi connectivity index (χ2v) is 5.40. The molecule has 0 saturated carbocycles. The summed E-state index contributed by atoms with van der Waals surface area (Å²) in [6.45, 7) is 8.26. The van der Waals surface area contributed by atoms with Gasteiger partial charge in [0.2, 0.25) is 0 Å². The van der Waals surface area contributed by atoms with E-state index in [1.165, 1.54) is 27.7 Å². The fourth-order valence-electron chi connectivity index (χ4n) is 1.29. The van der Waals surface area contributed by atoms with Crippen LogP contribution in [0, 0.1) is 0 Å². The van der Waals surface area contributed by atoms with E-state index >= 15 is 0 Å². The maximum atomic E-state index is 11.8. The number of aliphatic hydroxyl groups is 1. The van der Waals surface area contributed by atoms with Crippen LogP contribution in [0.15, 0.2) is 0 Å². The summed E-state index contributed by atoms with van der Waals surface area (Å²) in [6, 6.07) is 0. The summed E-state index contributed by atoms with van der Waals surface area (Å²) in [5.74, 6) is -3.67. The lowest BCUT2D eigenvalue weighted by molar-refractivity contribution is -0.184. The molecule has 0 rings (SSSR count). The maximum absolute atomic E-state index is 11.8. The molecule has 138 valence electrons. The molecule has 0 unspecified atom stereocenters. The highest BCUT2D eigenvalue weighted by Gasteiger charge is 2.29. The van der Waals surface area contributed by atoms with Crippen molar-refractivity contribution >= 4 is 23.9 Å². The van der Waals surface area contributed by atoms with Crippen molar-refractivity contribution in [1.29, 1.82) is 0 Å². The van der Waals surface area contributed by atoms with Gasteiger partial charge in [0.05, 0.1) is 6.10 Å². The highest BCUT2D eigenvalue weighted by atomic mass is 16.6.